The third-order valence-electron chi connectivity index (χ3n) is 5.66. The van der Waals surface area contributed by atoms with Gasteiger partial charge in [-0.15, -0.1) is 0 Å². The topological polar surface area (TPSA) is 35.5 Å². The molecule has 0 aromatic carbocycles. The van der Waals surface area contributed by atoms with Crippen LogP contribution in [0.25, 0.3) is 0 Å². The second-order valence-corrected chi connectivity index (χ2v) is 7.69. The molecule has 3 saturated carbocycles. The molecular formula is C23H46O3. The zero-order chi connectivity index (χ0) is 19.5. The molecule has 3 nitrogen and oxygen atoms in total. The first-order chi connectivity index (χ1) is 12.7. The molecule has 0 amide bonds. The van der Waals surface area contributed by atoms with Crippen LogP contribution in [0.4, 0.5) is 0 Å². The second-order valence-electron chi connectivity index (χ2n) is 7.69. The SMILES string of the molecule is C1CCC2CCCCC2C1.C1CCCCC1.CCOCC.COC(C)=O. The van der Waals surface area contributed by atoms with E-state index >= 15 is 0 Å². The van der Waals surface area contributed by atoms with Crippen molar-refractivity contribution in [2.75, 3.05) is 20.3 Å². The van der Waals surface area contributed by atoms with E-state index in [9.17, 15) is 4.79 Å². The number of ether oxygens (including phenoxy) is 2. The maximum absolute atomic E-state index is 9.59. The van der Waals surface area contributed by atoms with Crippen LogP contribution < -0.4 is 0 Å². The van der Waals surface area contributed by atoms with Crippen LogP contribution in [0.3, 0.4) is 0 Å². The lowest BCUT2D eigenvalue weighted by Crippen LogP contribution is -2.22. The van der Waals surface area contributed by atoms with Gasteiger partial charge in [0.1, 0.15) is 0 Å². The monoisotopic (exact) mass is 370 g/mol. The molecule has 0 bridgehead atoms. The summed E-state index contributed by atoms with van der Waals surface area (Å²) in [5.74, 6) is 2.06. The average molecular weight is 371 g/mol. The molecule has 3 aliphatic rings. The molecule has 0 spiro atoms. The molecule has 3 heteroatoms. The summed E-state index contributed by atoms with van der Waals surface area (Å²) in [5, 5.41) is 0. The number of hydrogen-bond donors (Lipinski definition) is 0. The summed E-state index contributed by atoms with van der Waals surface area (Å²) in [6.07, 6.45) is 21.4. The van der Waals surface area contributed by atoms with Crippen LogP contribution in [0.1, 0.15) is 111 Å². The standard InChI is InChI=1S/C10H18.C6H12.C4H10O.C3H6O2/c1-2-6-10-8-4-3-7-9(10)5-1;1-2-4-6-5-3-1;1-3-5-4-2;1-3(4)5-2/h9-10H,1-8H2;1-6H2;3-4H2,1-2H3;1-2H3. The molecule has 0 N–H and O–H groups in total. The molecule has 26 heavy (non-hydrogen) atoms. The van der Waals surface area contributed by atoms with Gasteiger partial charge in [-0.25, -0.2) is 0 Å². The van der Waals surface area contributed by atoms with Gasteiger partial charge < -0.3 is 9.47 Å². The Morgan fingerprint density at radius 2 is 0.962 bits per heavy atom. The second kappa shape index (κ2) is 19.2. The number of esters is 1. The van der Waals surface area contributed by atoms with E-state index in [0.29, 0.717) is 0 Å². The number of carbonyl (C=O) groups excluding carboxylic acids is 1. The summed E-state index contributed by atoms with van der Waals surface area (Å²) >= 11 is 0. The van der Waals surface area contributed by atoms with Crippen molar-refractivity contribution in [3.05, 3.63) is 0 Å². The highest BCUT2D eigenvalue weighted by Gasteiger charge is 2.26. The number of methoxy groups -OCH3 is 1. The van der Waals surface area contributed by atoms with Crippen molar-refractivity contribution in [1.29, 1.82) is 0 Å². The van der Waals surface area contributed by atoms with E-state index in [1.54, 1.807) is 25.7 Å². The Balaban J connectivity index is 0.000000342. The lowest BCUT2D eigenvalue weighted by molar-refractivity contribution is -0.137. The first-order valence-electron chi connectivity index (χ1n) is 11.3. The highest BCUT2D eigenvalue weighted by atomic mass is 16.5. The summed E-state index contributed by atoms with van der Waals surface area (Å²) in [6, 6.07) is 0. The molecule has 156 valence electrons. The highest BCUT2D eigenvalue weighted by Crippen LogP contribution is 2.39. The van der Waals surface area contributed by atoms with Gasteiger partial charge in [0.15, 0.2) is 0 Å². The van der Waals surface area contributed by atoms with Gasteiger partial charge in [0.25, 0.3) is 0 Å². The van der Waals surface area contributed by atoms with E-state index in [0.717, 1.165) is 25.0 Å². The molecule has 0 heterocycles. The van der Waals surface area contributed by atoms with Crippen molar-refractivity contribution in [3.8, 4) is 0 Å². The zero-order valence-corrected chi connectivity index (χ0v) is 18.2. The number of rotatable bonds is 2. The quantitative estimate of drug-likeness (QED) is 0.494. The summed E-state index contributed by atoms with van der Waals surface area (Å²) in [6.45, 7) is 7.03. The maximum Gasteiger partial charge on any atom is 0.302 e. The van der Waals surface area contributed by atoms with Gasteiger partial charge in [0, 0.05) is 20.1 Å². The van der Waals surface area contributed by atoms with E-state index in [1.807, 2.05) is 13.8 Å². The molecule has 0 saturated heterocycles. The number of fused-ring (bicyclic) bond motifs is 1. The molecule has 3 aliphatic carbocycles. The molecule has 0 aliphatic heterocycles. The Kier molecular flexibility index (Phi) is 18.8. The van der Waals surface area contributed by atoms with Crippen molar-refractivity contribution < 1.29 is 14.3 Å². The zero-order valence-electron chi connectivity index (χ0n) is 18.2. The van der Waals surface area contributed by atoms with E-state index in [-0.39, 0.29) is 5.97 Å². The fourth-order valence-corrected chi connectivity index (χ4v) is 4.12. The molecule has 0 radical (unpaired) electrons. The molecule has 3 fully saturated rings. The molecule has 0 unspecified atom stereocenters. The average Bonchev–Trinajstić information content (AvgIpc) is 2.71. The van der Waals surface area contributed by atoms with Gasteiger partial charge in [0.05, 0.1) is 7.11 Å². The Morgan fingerprint density at radius 1 is 0.692 bits per heavy atom. The lowest BCUT2D eigenvalue weighted by Gasteiger charge is -2.35. The lowest BCUT2D eigenvalue weighted by atomic mass is 9.71. The Morgan fingerprint density at radius 3 is 1.12 bits per heavy atom. The predicted octanol–water partition coefficient (Wildman–Crippen LogP) is 6.93. The largest absolute Gasteiger partial charge is 0.469 e. The van der Waals surface area contributed by atoms with Crippen molar-refractivity contribution in [2.24, 2.45) is 11.8 Å². The van der Waals surface area contributed by atoms with Crippen molar-refractivity contribution in [3.63, 3.8) is 0 Å². The molecule has 0 atom stereocenters. The Labute approximate surface area is 163 Å². The van der Waals surface area contributed by atoms with Crippen LogP contribution in [-0.4, -0.2) is 26.3 Å². The van der Waals surface area contributed by atoms with Crippen molar-refractivity contribution in [1.82, 2.24) is 0 Å². The van der Waals surface area contributed by atoms with Crippen LogP contribution >= 0.6 is 0 Å². The van der Waals surface area contributed by atoms with Gasteiger partial charge in [-0.05, 0) is 25.7 Å². The molecule has 0 aromatic rings. The Bertz CT molecular complexity index is 260. The van der Waals surface area contributed by atoms with Crippen LogP contribution in [0, 0.1) is 11.8 Å². The molecular weight excluding hydrogens is 324 g/mol. The summed E-state index contributed by atoms with van der Waals surface area (Å²) in [4.78, 5) is 9.59. The van der Waals surface area contributed by atoms with Gasteiger partial charge in [-0.3, -0.25) is 4.79 Å². The fraction of sp³-hybridized carbons (Fsp3) is 0.957. The first kappa shape index (κ1) is 25.4. The van der Waals surface area contributed by atoms with E-state index in [1.165, 1.54) is 78.2 Å². The van der Waals surface area contributed by atoms with Gasteiger partial charge in [-0.1, -0.05) is 89.9 Å². The minimum absolute atomic E-state index is 0.245. The third kappa shape index (κ3) is 15.7. The van der Waals surface area contributed by atoms with Crippen molar-refractivity contribution >= 4 is 5.97 Å². The normalized spacial score (nSPS) is 24.2. The van der Waals surface area contributed by atoms with Gasteiger partial charge in [0.2, 0.25) is 0 Å². The van der Waals surface area contributed by atoms with Crippen molar-refractivity contribution in [2.45, 2.75) is 111 Å². The Hall–Kier alpha value is -0.570. The van der Waals surface area contributed by atoms with E-state index < -0.39 is 0 Å². The summed E-state index contributed by atoms with van der Waals surface area (Å²) in [5.41, 5.74) is 0. The highest BCUT2D eigenvalue weighted by molar-refractivity contribution is 5.65. The molecule has 0 aromatic heterocycles. The number of carbonyl (C=O) groups is 1. The van der Waals surface area contributed by atoms with Gasteiger partial charge >= 0.3 is 5.97 Å². The maximum atomic E-state index is 9.59. The molecule has 3 rings (SSSR count). The van der Waals surface area contributed by atoms with Gasteiger partial charge in [-0.2, -0.15) is 0 Å². The summed E-state index contributed by atoms with van der Waals surface area (Å²) in [7, 11) is 1.35. The minimum Gasteiger partial charge on any atom is -0.469 e. The van der Waals surface area contributed by atoms with Crippen LogP contribution in [0.5, 0.6) is 0 Å². The van der Waals surface area contributed by atoms with Crippen LogP contribution in [-0.2, 0) is 14.3 Å². The van der Waals surface area contributed by atoms with E-state index in [4.69, 9.17) is 4.74 Å². The third-order valence-corrected chi connectivity index (χ3v) is 5.66. The minimum atomic E-state index is -0.245. The van der Waals surface area contributed by atoms with Crippen LogP contribution in [0.2, 0.25) is 0 Å². The fourth-order valence-electron chi connectivity index (χ4n) is 4.12. The first-order valence-corrected chi connectivity index (χ1v) is 11.3. The smallest absolute Gasteiger partial charge is 0.302 e. The number of hydrogen-bond acceptors (Lipinski definition) is 3. The van der Waals surface area contributed by atoms with E-state index in [2.05, 4.69) is 4.74 Å². The summed E-state index contributed by atoms with van der Waals surface area (Å²) < 4.78 is 8.94. The predicted molar refractivity (Wildman–Crippen MR) is 111 cm³/mol. The van der Waals surface area contributed by atoms with Crippen LogP contribution in [0.15, 0.2) is 0 Å².